The van der Waals surface area contributed by atoms with Gasteiger partial charge in [-0.15, -0.1) is 0 Å². The van der Waals surface area contributed by atoms with Crippen LogP contribution >= 0.6 is 11.6 Å². The highest BCUT2D eigenvalue weighted by Crippen LogP contribution is 2.19. The fourth-order valence-electron chi connectivity index (χ4n) is 1.63. The van der Waals surface area contributed by atoms with E-state index < -0.39 is 0 Å². The zero-order chi connectivity index (χ0) is 12.4. The van der Waals surface area contributed by atoms with Gasteiger partial charge in [-0.1, -0.05) is 23.7 Å². The highest BCUT2D eigenvalue weighted by molar-refractivity contribution is 6.30. The molecule has 0 atom stereocenters. The molecule has 0 fully saturated rings. The first-order chi connectivity index (χ1) is 8.83. The second-order valence-electron chi connectivity index (χ2n) is 3.70. The number of fused-ring (bicyclic) bond motifs is 1. The van der Waals surface area contributed by atoms with Gasteiger partial charge < -0.3 is 9.72 Å². The third-order valence-corrected chi connectivity index (χ3v) is 2.69. The van der Waals surface area contributed by atoms with Gasteiger partial charge in [0.2, 0.25) is 5.88 Å². The highest BCUT2D eigenvalue weighted by Gasteiger charge is 2.06. The molecule has 0 unspecified atom stereocenters. The number of benzene rings is 1. The van der Waals surface area contributed by atoms with Gasteiger partial charge in [0.15, 0.2) is 5.65 Å². The number of nitrogens with one attached hydrogen (secondary N) is 1. The number of hydrogen-bond acceptors (Lipinski definition) is 4. The lowest BCUT2D eigenvalue weighted by atomic mass is 10.2. The number of rotatable bonds is 3. The van der Waals surface area contributed by atoms with Crippen LogP contribution in [0.15, 0.2) is 36.9 Å². The highest BCUT2D eigenvalue weighted by atomic mass is 35.5. The summed E-state index contributed by atoms with van der Waals surface area (Å²) in [5.74, 6) is 0.484. The summed E-state index contributed by atoms with van der Waals surface area (Å²) in [7, 11) is 0. The van der Waals surface area contributed by atoms with Gasteiger partial charge in [-0.05, 0) is 17.7 Å². The van der Waals surface area contributed by atoms with Crippen LogP contribution in [0.3, 0.4) is 0 Å². The van der Waals surface area contributed by atoms with Crippen molar-refractivity contribution in [2.24, 2.45) is 0 Å². The van der Waals surface area contributed by atoms with Gasteiger partial charge in [0.1, 0.15) is 18.5 Å². The van der Waals surface area contributed by atoms with E-state index in [2.05, 4.69) is 19.9 Å². The van der Waals surface area contributed by atoms with E-state index in [1.165, 1.54) is 6.33 Å². The zero-order valence-corrected chi connectivity index (χ0v) is 10.1. The summed E-state index contributed by atoms with van der Waals surface area (Å²) in [6.45, 7) is 0.395. The maximum Gasteiger partial charge on any atom is 0.243 e. The topological polar surface area (TPSA) is 63.7 Å². The number of imidazole rings is 1. The van der Waals surface area contributed by atoms with Gasteiger partial charge in [0, 0.05) is 5.02 Å². The first-order valence-corrected chi connectivity index (χ1v) is 5.72. The van der Waals surface area contributed by atoms with Crippen LogP contribution in [0.4, 0.5) is 0 Å². The van der Waals surface area contributed by atoms with E-state index in [0.717, 1.165) is 5.56 Å². The van der Waals surface area contributed by atoms with Crippen LogP contribution in [0, 0.1) is 0 Å². The van der Waals surface area contributed by atoms with E-state index in [-0.39, 0.29) is 0 Å². The Morgan fingerprint density at radius 3 is 3.06 bits per heavy atom. The molecule has 0 saturated heterocycles. The lowest BCUT2D eigenvalue weighted by Gasteiger charge is -2.05. The Kier molecular flexibility index (Phi) is 2.82. The fraction of sp³-hybridized carbons (Fsp3) is 0.0833. The largest absolute Gasteiger partial charge is 0.471 e. The number of halogens is 1. The number of ether oxygens (including phenoxy) is 1. The van der Waals surface area contributed by atoms with Crippen LogP contribution in [-0.4, -0.2) is 19.9 Å². The minimum Gasteiger partial charge on any atom is -0.471 e. The summed E-state index contributed by atoms with van der Waals surface area (Å²) in [4.78, 5) is 15.1. The third-order valence-electron chi connectivity index (χ3n) is 2.45. The number of aromatic amines is 1. The van der Waals surface area contributed by atoms with E-state index in [1.54, 1.807) is 6.33 Å². The fourth-order valence-corrected chi connectivity index (χ4v) is 1.84. The van der Waals surface area contributed by atoms with E-state index >= 15 is 0 Å². The Balaban J connectivity index is 1.83. The molecule has 3 aromatic rings. The number of aromatic nitrogens is 4. The average molecular weight is 261 g/mol. The van der Waals surface area contributed by atoms with E-state index in [1.807, 2.05) is 24.3 Å². The van der Waals surface area contributed by atoms with Gasteiger partial charge >= 0.3 is 0 Å². The Hall–Kier alpha value is -2.14. The second kappa shape index (κ2) is 4.62. The minimum atomic E-state index is 0.395. The van der Waals surface area contributed by atoms with Crippen LogP contribution in [-0.2, 0) is 6.61 Å². The molecule has 3 rings (SSSR count). The minimum absolute atomic E-state index is 0.395. The Morgan fingerprint density at radius 1 is 1.22 bits per heavy atom. The van der Waals surface area contributed by atoms with Crippen molar-refractivity contribution in [1.29, 1.82) is 0 Å². The molecule has 2 heterocycles. The molecule has 0 radical (unpaired) electrons. The Bertz CT molecular complexity index is 682. The smallest absolute Gasteiger partial charge is 0.243 e. The molecule has 0 aliphatic rings. The van der Waals surface area contributed by atoms with Crippen molar-refractivity contribution in [3.8, 4) is 5.88 Å². The third kappa shape index (κ3) is 2.12. The molecule has 2 aromatic heterocycles. The molecule has 0 saturated carbocycles. The lowest BCUT2D eigenvalue weighted by Crippen LogP contribution is -1.98. The van der Waals surface area contributed by atoms with Gasteiger partial charge in [-0.3, -0.25) is 0 Å². The number of nitrogens with zero attached hydrogens (tertiary/aromatic N) is 3. The van der Waals surface area contributed by atoms with Gasteiger partial charge in [-0.25, -0.2) is 9.97 Å². The summed E-state index contributed by atoms with van der Waals surface area (Å²) < 4.78 is 5.64. The van der Waals surface area contributed by atoms with Crippen molar-refractivity contribution in [2.75, 3.05) is 0 Å². The van der Waals surface area contributed by atoms with Crippen molar-refractivity contribution < 1.29 is 4.74 Å². The Labute approximate surface area is 108 Å². The molecule has 1 aromatic carbocycles. The van der Waals surface area contributed by atoms with E-state index in [0.29, 0.717) is 28.7 Å². The summed E-state index contributed by atoms with van der Waals surface area (Å²) >= 11 is 5.91. The van der Waals surface area contributed by atoms with Crippen LogP contribution in [0.1, 0.15) is 5.56 Å². The van der Waals surface area contributed by atoms with Crippen LogP contribution in [0.25, 0.3) is 11.2 Å². The standard InChI is InChI=1S/C12H9ClN4O/c13-9-3-1-2-8(4-9)5-18-12-10-11(15-6-14-10)16-7-17-12/h1-4,6-7H,5H2,(H,14,15,16,17). The van der Waals surface area contributed by atoms with Crippen molar-refractivity contribution in [1.82, 2.24) is 19.9 Å². The predicted molar refractivity (Wildman–Crippen MR) is 67.5 cm³/mol. The average Bonchev–Trinajstić information content (AvgIpc) is 2.85. The van der Waals surface area contributed by atoms with Crippen molar-refractivity contribution in [3.05, 3.63) is 47.5 Å². The van der Waals surface area contributed by atoms with Gasteiger partial charge in [0.25, 0.3) is 0 Å². The van der Waals surface area contributed by atoms with Crippen LogP contribution < -0.4 is 4.74 Å². The Morgan fingerprint density at radius 2 is 2.17 bits per heavy atom. The summed E-state index contributed by atoms with van der Waals surface area (Å²) in [6.07, 6.45) is 2.99. The number of H-pyrrole nitrogens is 1. The second-order valence-corrected chi connectivity index (χ2v) is 4.13. The molecule has 0 bridgehead atoms. The normalized spacial score (nSPS) is 10.7. The maximum absolute atomic E-state index is 5.91. The molecule has 18 heavy (non-hydrogen) atoms. The molecular weight excluding hydrogens is 252 g/mol. The van der Waals surface area contributed by atoms with Crippen molar-refractivity contribution >= 4 is 22.8 Å². The van der Waals surface area contributed by atoms with E-state index in [9.17, 15) is 0 Å². The summed E-state index contributed by atoms with van der Waals surface area (Å²) in [5, 5.41) is 0.686. The molecule has 1 N–H and O–H groups in total. The summed E-state index contributed by atoms with van der Waals surface area (Å²) in [6, 6.07) is 7.50. The number of hydrogen-bond donors (Lipinski definition) is 1. The molecule has 0 amide bonds. The van der Waals surface area contributed by atoms with Crippen LogP contribution in [0.2, 0.25) is 5.02 Å². The molecule has 5 nitrogen and oxygen atoms in total. The molecule has 0 aliphatic carbocycles. The van der Waals surface area contributed by atoms with Crippen molar-refractivity contribution in [2.45, 2.75) is 6.61 Å². The van der Waals surface area contributed by atoms with Crippen LogP contribution in [0.5, 0.6) is 5.88 Å². The molecule has 6 heteroatoms. The zero-order valence-electron chi connectivity index (χ0n) is 9.30. The predicted octanol–water partition coefficient (Wildman–Crippen LogP) is 2.59. The van der Waals surface area contributed by atoms with E-state index in [4.69, 9.17) is 16.3 Å². The molecular formula is C12H9ClN4O. The lowest BCUT2D eigenvalue weighted by molar-refractivity contribution is 0.297. The summed E-state index contributed by atoms with van der Waals surface area (Å²) in [5.41, 5.74) is 2.26. The van der Waals surface area contributed by atoms with Crippen molar-refractivity contribution in [3.63, 3.8) is 0 Å². The molecule has 0 aliphatic heterocycles. The van der Waals surface area contributed by atoms with Gasteiger partial charge in [-0.2, -0.15) is 4.98 Å². The van der Waals surface area contributed by atoms with Gasteiger partial charge in [0.05, 0.1) is 6.33 Å². The maximum atomic E-state index is 5.91. The first kappa shape index (κ1) is 11.0. The monoisotopic (exact) mass is 260 g/mol. The molecule has 90 valence electrons. The first-order valence-electron chi connectivity index (χ1n) is 5.34. The molecule has 0 spiro atoms. The SMILES string of the molecule is Clc1cccc(COc2ncnc3nc[nH]c23)c1. The quantitative estimate of drug-likeness (QED) is 0.786.